The minimum absolute atomic E-state index is 0.141. The number of pyridine rings is 1. The van der Waals surface area contributed by atoms with E-state index in [1.165, 1.54) is 5.56 Å². The van der Waals surface area contributed by atoms with Gasteiger partial charge in [0, 0.05) is 31.0 Å². The topological polar surface area (TPSA) is 84.0 Å². The molecule has 0 aliphatic rings. The van der Waals surface area contributed by atoms with Crippen molar-refractivity contribution in [2.24, 2.45) is 0 Å². The van der Waals surface area contributed by atoms with Crippen LogP contribution in [0.3, 0.4) is 0 Å². The van der Waals surface area contributed by atoms with Crippen molar-refractivity contribution >= 4 is 29.0 Å². The summed E-state index contributed by atoms with van der Waals surface area (Å²) < 4.78 is 0. The van der Waals surface area contributed by atoms with Gasteiger partial charge in [-0.15, -0.1) is 11.3 Å². The number of hydrogen-bond donors (Lipinski definition) is 2. The molecule has 2 N–H and O–H groups in total. The van der Waals surface area contributed by atoms with Crippen LogP contribution in [-0.2, 0) is 22.4 Å². The molecule has 0 saturated heterocycles. The van der Waals surface area contributed by atoms with Crippen LogP contribution in [0.25, 0.3) is 0 Å². The average Bonchev–Trinajstić information content (AvgIpc) is 3.10. The lowest BCUT2D eigenvalue weighted by molar-refractivity contribution is -0.120. The molecule has 0 bridgehead atoms. The molecule has 27 heavy (non-hydrogen) atoms. The van der Waals surface area contributed by atoms with Gasteiger partial charge in [-0.1, -0.05) is 36.4 Å². The number of benzene rings is 1. The van der Waals surface area contributed by atoms with Gasteiger partial charge >= 0.3 is 0 Å². The first-order chi connectivity index (χ1) is 13.2. The molecule has 0 spiro atoms. The Hall–Kier alpha value is -3.06. The molecular weight excluding hydrogens is 360 g/mol. The van der Waals surface area contributed by atoms with Crippen LogP contribution in [-0.4, -0.2) is 28.3 Å². The molecular formula is C20H20N4O2S. The van der Waals surface area contributed by atoms with E-state index >= 15 is 0 Å². The highest BCUT2D eigenvalue weighted by molar-refractivity contribution is 7.09. The SMILES string of the molecule is O=C(Cc1csc(Cc2ccccc2)n1)NCCC(=O)Nc1ccccn1. The summed E-state index contributed by atoms with van der Waals surface area (Å²) in [5.74, 6) is 0.173. The number of aromatic nitrogens is 2. The lowest BCUT2D eigenvalue weighted by atomic mass is 10.2. The molecule has 6 nitrogen and oxygen atoms in total. The minimum Gasteiger partial charge on any atom is -0.355 e. The highest BCUT2D eigenvalue weighted by Crippen LogP contribution is 2.15. The van der Waals surface area contributed by atoms with E-state index in [2.05, 4.69) is 32.7 Å². The molecule has 7 heteroatoms. The predicted octanol–water partition coefficient (Wildman–Crippen LogP) is 2.82. The lowest BCUT2D eigenvalue weighted by Gasteiger charge is -2.05. The molecule has 0 unspecified atom stereocenters. The Morgan fingerprint density at radius 3 is 2.59 bits per heavy atom. The third kappa shape index (κ3) is 6.31. The molecule has 2 aromatic heterocycles. The maximum absolute atomic E-state index is 12.0. The smallest absolute Gasteiger partial charge is 0.227 e. The van der Waals surface area contributed by atoms with Crippen LogP contribution >= 0.6 is 11.3 Å². The van der Waals surface area contributed by atoms with Crippen molar-refractivity contribution in [1.82, 2.24) is 15.3 Å². The fourth-order valence-electron chi connectivity index (χ4n) is 2.47. The number of thiazole rings is 1. The van der Waals surface area contributed by atoms with E-state index < -0.39 is 0 Å². The Kier molecular flexibility index (Phi) is 6.65. The van der Waals surface area contributed by atoms with Crippen LogP contribution in [0.5, 0.6) is 0 Å². The summed E-state index contributed by atoms with van der Waals surface area (Å²) in [7, 11) is 0. The summed E-state index contributed by atoms with van der Waals surface area (Å²) in [6, 6.07) is 15.4. The molecule has 0 atom stereocenters. The van der Waals surface area contributed by atoms with Gasteiger partial charge in [0.2, 0.25) is 11.8 Å². The summed E-state index contributed by atoms with van der Waals surface area (Å²) in [5, 5.41) is 8.32. The van der Waals surface area contributed by atoms with Crippen molar-refractivity contribution in [2.75, 3.05) is 11.9 Å². The van der Waals surface area contributed by atoms with E-state index in [1.54, 1.807) is 35.7 Å². The Labute approximate surface area is 161 Å². The molecule has 3 aromatic rings. The third-order valence-corrected chi connectivity index (χ3v) is 4.64. The minimum atomic E-state index is -0.187. The number of carbonyl (C=O) groups is 2. The summed E-state index contributed by atoms with van der Waals surface area (Å²) in [6.07, 6.45) is 2.78. The van der Waals surface area contributed by atoms with E-state index in [0.29, 0.717) is 5.82 Å². The van der Waals surface area contributed by atoms with Gasteiger partial charge in [-0.05, 0) is 17.7 Å². The van der Waals surface area contributed by atoms with Crippen LogP contribution < -0.4 is 10.6 Å². The van der Waals surface area contributed by atoms with E-state index in [-0.39, 0.29) is 31.2 Å². The molecule has 1 aromatic carbocycles. The van der Waals surface area contributed by atoms with E-state index in [1.807, 2.05) is 23.6 Å². The average molecular weight is 380 g/mol. The molecule has 2 heterocycles. The zero-order valence-corrected chi connectivity index (χ0v) is 15.5. The quantitative estimate of drug-likeness (QED) is 0.629. The molecule has 138 valence electrons. The fourth-order valence-corrected chi connectivity index (χ4v) is 3.29. The third-order valence-electron chi connectivity index (χ3n) is 3.75. The van der Waals surface area contributed by atoms with Crippen molar-refractivity contribution in [3.8, 4) is 0 Å². The zero-order valence-electron chi connectivity index (χ0n) is 14.7. The molecule has 0 fully saturated rings. The molecule has 0 saturated carbocycles. The van der Waals surface area contributed by atoms with Crippen molar-refractivity contribution in [3.05, 3.63) is 76.4 Å². The summed E-state index contributed by atoms with van der Waals surface area (Å²) in [4.78, 5) is 32.4. The monoisotopic (exact) mass is 380 g/mol. The maximum Gasteiger partial charge on any atom is 0.227 e. The Morgan fingerprint density at radius 1 is 1.00 bits per heavy atom. The Morgan fingerprint density at radius 2 is 1.81 bits per heavy atom. The summed E-state index contributed by atoms with van der Waals surface area (Å²) >= 11 is 1.55. The van der Waals surface area contributed by atoms with Gasteiger partial charge in [0.1, 0.15) is 5.82 Å². The van der Waals surface area contributed by atoms with Gasteiger partial charge in [0.15, 0.2) is 0 Å². The largest absolute Gasteiger partial charge is 0.355 e. The van der Waals surface area contributed by atoms with Gasteiger partial charge in [0.25, 0.3) is 0 Å². The number of nitrogens with zero attached hydrogens (tertiary/aromatic N) is 2. The van der Waals surface area contributed by atoms with Gasteiger partial charge in [-0.25, -0.2) is 9.97 Å². The normalized spacial score (nSPS) is 10.4. The summed E-state index contributed by atoms with van der Waals surface area (Å²) in [6.45, 7) is 0.276. The highest BCUT2D eigenvalue weighted by Gasteiger charge is 2.09. The number of hydrogen-bond acceptors (Lipinski definition) is 5. The van der Waals surface area contributed by atoms with E-state index in [0.717, 1.165) is 17.1 Å². The Balaban J connectivity index is 1.39. The van der Waals surface area contributed by atoms with Crippen LogP contribution in [0, 0.1) is 0 Å². The van der Waals surface area contributed by atoms with Crippen molar-refractivity contribution < 1.29 is 9.59 Å². The summed E-state index contributed by atoms with van der Waals surface area (Å²) in [5.41, 5.74) is 1.95. The highest BCUT2D eigenvalue weighted by atomic mass is 32.1. The molecule has 0 aliphatic heterocycles. The van der Waals surface area contributed by atoms with Crippen LogP contribution in [0.1, 0.15) is 22.7 Å². The second-order valence-corrected chi connectivity index (χ2v) is 6.88. The number of rotatable bonds is 8. The van der Waals surface area contributed by atoms with Crippen LogP contribution in [0.4, 0.5) is 5.82 Å². The number of nitrogens with one attached hydrogen (secondary N) is 2. The van der Waals surface area contributed by atoms with E-state index in [4.69, 9.17) is 0 Å². The second kappa shape index (κ2) is 9.59. The number of amides is 2. The van der Waals surface area contributed by atoms with Gasteiger partial charge in [-0.3, -0.25) is 9.59 Å². The van der Waals surface area contributed by atoms with Crippen LogP contribution in [0.15, 0.2) is 60.1 Å². The molecule has 2 amide bonds. The first-order valence-electron chi connectivity index (χ1n) is 8.64. The fraction of sp³-hybridized carbons (Fsp3) is 0.200. The second-order valence-electron chi connectivity index (χ2n) is 5.93. The van der Waals surface area contributed by atoms with Gasteiger partial charge in [-0.2, -0.15) is 0 Å². The maximum atomic E-state index is 12.0. The lowest BCUT2D eigenvalue weighted by Crippen LogP contribution is -2.29. The standard InChI is InChI=1S/C20H20N4O2S/c25-18(24-17-8-4-5-10-21-17)9-11-22-19(26)13-16-14-27-20(23-16)12-15-6-2-1-3-7-15/h1-8,10,14H,9,11-13H2,(H,22,26)(H,21,24,25). The number of carbonyl (C=O) groups excluding carboxylic acids is 2. The molecule has 3 rings (SSSR count). The van der Waals surface area contributed by atoms with Crippen LogP contribution in [0.2, 0.25) is 0 Å². The zero-order chi connectivity index (χ0) is 18.9. The Bertz CT molecular complexity index is 881. The van der Waals surface area contributed by atoms with Crippen molar-refractivity contribution in [1.29, 1.82) is 0 Å². The van der Waals surface area contributed by atoms with Gasteiger partial charge < -0.3 is 10.6 Å². The number of anilines is 1. The first kappa shape index (κ1) is 18.7. The molecule has 0 radical (unpaired) electrons. The molecule has 0 aliphatic carbocycles. The van der Waals surface area contributed by atoms with Crippen molar-refractivity contribution in [2.45, 2.75) is 19.3 Å². The first-order valence-corrected chi connectivity index (χ1v) is 9.52. The van der Waals surface area contributed by atoms with E-state index in [9.17, 15) is 9.59 Å². The van der Waals surface area contributed by atoms with Crippen molar-refractivity contribution in [3.63, 3.8) is 0 Å². The predicted molar refractivity (Wildman–Crippen MR) is 106 cm³/mol. The van der Waals surface area contributed by atoms with Gasteiger partial charge in [0.05, 0.1) is 17.1 Å².